The van der Waals surface area contributed by atoms with Crippen molar-refractivity contribution in [2.45, 2.75) is 19.6 Å². The van der Waals surface area contributed by atoms with Gasteiger partial charge in [-0.15, -0.1) is 0 Å². The number of halogens is 1. The summed E-state index contributed by atoms with van der Waals surface area (Å²) in [5, 5.41) is 9.72. The number of nitrogens with one attached hydrogen (secondary N) is 3. The molecule has 0 unspecified atom stereocenters. The number of hydrogen-bond acceptors (Lipinski definition) is 7. The van der Waals surface area contributed by atoms with Crippen LogP contribution in [0.3, 0.4) is 0 Å². The van der Waals surface area contributed by atoms with Crippen molar-refractivity contribution in [2.24, 2.45) is 0 Å². The Hall–Kier alpha value is -4.11. The summed E-state index contributed by atoms with van der Waals surface area (Å²) in [4.78, 5) is 24.5. The maximum Gasteiger partial charge on any atom is 0.314 e. The second-order valence-corrected chi connectivity index (χ2v) is 8.05. The van der Waals surface area contributed by atoms with Gasteiger partial charge >= 0.3 is 6.03 Å². The predicted molar refractivity (Wildman–Crippen MR) is 135 cm³/mol. The third-order valence-electron chi connectivity index (χ3n) is 5.03. The number of urea groups is 1. The van der Waals surface area contributed by atoms with Gasteiger partial charge in [0.1, 0.15) is 36.4 Å². The first-order valence-electron chi connectivity index (χ1n) is 11.0. The third kappa shape index (κ3) is 6.27. The molecule has 35 heavy (non-hydrogen) atoms. The van der Waals surface area contributed by atoms with Gasteiger partial charge in [0, 0.05) is 18.9 Å². The number of fused-ring (bicyclic) bond motifs is 1. The van der Waals surface area contributed by atoms with Crippen molar-refractivity contribution < 1.29 is 14.3 Å². The first-order valence-corrected chi connectivity index (χ1v) is 11.4. The molecule has 0 saturated heterocycles. The molecule has 9 nitrogen and oxygen atoms in total. The highest BCUT2D eigenvalue weighted by atomic mass is 35.5. The second-order valence-electron chi connectivity index (χ2n) is 7.64. The second kappa shape index (κ2) is 11.3. The molecule has 4 aromatic rings. The molecule has 2 aromatic carbocycles. The lowest BCUT2D eigenvalue weighted by atomic mass is 10.2. The van der Waals surface area contributed by atoms with Gasteiger partial charge in [0.05, 0.1) is 28.2 Å². The number of benzene rings is 2. The summed E-state index contributed by atoms with van der Waals surface area (Å²) in [7, 11) is 1.56. The fourth-order valence-corrected chi connectivity index (χ4v) is 3.56. The number of rotatable bonds is 9. The van der Waals surface area contributed by atoms with Gasteiger partial charge in [-0.3, -0.25) is 4.98 Å². The van der Waals surface area contributed by atoms with Gasteiger partial charge in [0.15, 0.2) is 0 Å². The minimum atomic E-state index is -0.282. The summed E-state index contributed by atoms with van der Waals surface area (Å²) in [5.74, 6) is 1.71. The zero-order valence-electron chi connectivity index (χ0n) is 19.3. The van der Waals surface area contributed by atoms with E-state index in [1.54, 1.807) is 25.4 Å². The largest absolute Gasteiger partial charge is 0.488 e. The van der Waals surface area contributed by atoms with Crippen LogP contribution >= 0.6 is 11.6 Å². The molecule has 0 spiro atoms. The number of pyridine rings is 1. The molecule has 0 saturated carbocycles. The topological polar surface area (TPSA) is 110 Å². The Balaban J connectivity index is 1.51. The Morgan fingerprint density at radius 1 is 1.06 bits per heavy atom. The first-order chi connectivity index (χ1) is 17.0. The highest BCUT2D eigenvalue weighted by Crippen LogP contribution is 2.34. The SMILES string of the molecule is CNC(=O)NC[C@@H](C)Oc1cccc2ncnc(Nc3ccc(OCc4ccccn4)c(Cl)c3)c12. The van der Waals surface area contributed by atoms with E-state index in [0.29, 0.717) is 46.4 Å². The van der Waals surface area contributed by atoms with Gasteiger partial charge in [0.2, 0.25) is 0 Å². The Morgan fingerprint density at radius 2 is 1.94 bits per heavy atom. The summed E-state index contributed by atoms with van der Waals surface area (Å²) in [5.41, 5.74) is 2.25. The van der Waals surface area contributed by atoms with Crippen molar-refractivity contribution in [3.05, 3.63) is 77.8 Å². The minimum Gasteiger partial charge on any atom is -0.488 e. The van der Waals surface area contributed by atoms with Crippen molar-refractivity contribution in [3.63, 3.8) is 0 Å². The molecule has 2 heterocycles. The zero-order chi connectivity index (χ0) is 24.6. The number of amides is 2. The van der Waals surface area contributed by atoms with Crippen LogP contribution in [-0.4, -0.2) is 40.7 Å². The van der Waals surface area contributed by atoms with Crippen LogP contribution in [0, 0.1) is 0 Å². The van der Waals surface area contributed by atoms with Crippen LogP contribution in [-0.2, 0) is 6.61 Å². The van der Waals surface area contributed by atoms with Crippen molar-refractivity contribution in [3.8, 4) is 11.5 Å². The van der Waals surface area contributed by atoms with Crippen LogP contribution in [0.4, 0.5) is 16.3 Å². The molecule has 0 aliphatic heterocycles. The van der Waals surface area contributed by atoms with Gasteiger partial charge < -0.3 is 25.4 Å². The lowest BCUT2D eigenvalue weighted by Crippen LogP contribution is -2.38. The number of nitrogens with zero attached hydrogens (tertiary/aromatic N) is 3. The standard InChI is InChI=1S/C25H25ClN6O3/c1-16(13-29-25(33)27-2)35-22-8-5-7-20-23(22)24(31-15-30-20)32-17-9-10-21(19(26)12-17)34-14-18-6-3-4-11-28-18/h3-12,15-16H,13-14H2,1-2H3,(H2,27,29,33)(H,30,31,32)/t16-/m1/s1. The Morgan fingerprint density at radius 3 is 2.71 bits per heavy atom. The average Bonchev–Trinajstić information content (AvgIpc) is 2.87. The summed E-state index contributed by atoms with van der Waals surface area (Å²) in [6.07, 6.45) is 2.92. The van der Waals surface area contributed by atoms with E-state index in [2.05, 4.69) is 30.9 Å². The summed E-state index contributed by atoms with van der Waals surface area (Å²) < 4.78 is 11.9. The molecule has 0 radical (unpaired) electrons. The zero-order valence-corrected chi connectivity index (χ0v) is 20.0. The van der Waals surface area contributed by atoms with Gasteiger partial charge in [-0.2, -0.15) is 0 Å². The quantitative estimate of drug-likeness (QED) is 0.310. The normalized spacial score (nSPS) is 11.5. The molecule has 10 heteroatoms. The number of ether oxygens (including phenoxy) is 2. The predicted octanol–water partition coefficient (Wildman–Crippen LogP) is 4.70. The average molecular weight is 493 g/mol. The first kappa shape index (κ1) is 24.0. The molecule has 2 aromatic heterocycles. The number of carbonyl (C=O) groups excluding carboxylic acids is 1. The van der Waals surface area contributed by atoms with E-state index < -0.39 is 0 Å². The Kier molecular flexibility index (Phi) is 7.79. The van der Waals surface area contributed by atoms with Crippen LogP contribution in [0.5, 0.6) is 11.5 Å². The van der Waals surface area contributed by atoms with Crippen LogP contribution < -0.4 is 25.4 Å². The van der Waals surface area contributed by atoms with Crippen LogP contribution in [0.25, 0.3) is 10.9 Å². The van der Waals surface area contributed by atoms with E-state index in [0.717, 1.165) is 11.4 Å². The van der Waals surface area contributed by atoms with E-state index in [1.807, 2.05) is 49.4 Å². The monoisotopic (exact) mass is 492 g/mol. The molecule has 0 bridgehead atoms. The summed E-state index contributed by atoms with van der Waals surface area (Å²) in [6.45, 7) is 2.52. The van der Waals surface area contributed by atoms with E-state index in [4.69, 9.17) is 21.1 Å². The molecule has 0 aliphatic rings. The van der Waals surface area contributed by atoms with Gasteiger partial charge in [-0.05, 0) is 49.4 Å². The molecule has 0 aliphatic carbocycles. The maximum absolute atomic E-state index is 11.5. The molecule has 4 rings (SSSR count). The maximum atomic E-state index is 11.5. The van der Waals surface area contributed by atoms with Crippen molar-refractivity contribution in [2.75, 3.05) is 18.9 Å². The number of anilines is 2. The summed E-state index contributed by atoms with van der Waals surface area (Å²) >= 11 is 6.47. The lowest BCUT2D eigenvalue weighted by Gasteiger charge is -2.18. The molecule has 180 valence electrons. The van der Waals surface area contributed by atoms with Gasteiger partial charge in [-0.1, -0.05) is 23.7 Å². The van der Waals surface area contributed by atoms with E-state index in [1.165, 1.54) is 6.33 Å². The molecule has 1 atom stereocenters. The van der Waals surface area contributed by atoms with Gasteiger partial charge in [0.25, 0.3) is 0 Å². The van der Waals surface area contributed by atoms with E-state index in [9.17, 15) is 4.79 Å². The molecular formula is C25H25ClN6O3. The fourth-order valence-electron chi connectivity index (χ4n) is 3.32. The molecule has 2 amide bonds. The minimum absolute atomic E-state index is 0.270. The van der Waals surface area contributed by atoms with Crippen LogP contribution in [0.1, 0.15) is 12.6 Å². The van der Waals surface area contributed by atoms with Crippen molar-refractivity contribution in [1.29, 1.82) is 0 Å². The molecule has 0 fully saturated rings. The highest BCUT2D eigenvalue weighted by Gasteiger charge is 2.14. The van der Waals surface area contributed by atoms with E-state index >= 15 is 0 Å². The summed E-state index contributed by atoms with van der Waals surface area (Å²) in [6, 6.07) is 16.4. The van der Waals surface area contributed by atoms with Crippen LogP contribution in [0.15, 0.2) is 67.1 Å². The van der Waals surface area contributed by atoms with Crippen molar-refractivity contribution in [1.82, 2.24) is 25.6 Å². The molecule has 3 N–H and O–H groups in total. The van der Waals surface area contributed by atoms with Crippen molar-refractivity contribution >= 4 is 40.0 Å². The Labute approximate surface area is 207 Å². The number of aromatic nitrogens is 3. The Bertz CT molecular complexity index is 1300. The van der Waals surface area contributed by atoms with Gasteiger partial charge in [-0.25, -0.2) is 14.8 Å². The smallest absolute Gasteiger partial charge is 0.314 e. The highest BCUT2D eigenvalue weighted by molar-refractivity contribution is 6.32. The van der Waals surface area contributed by atoms with Crippen LogP contribution in [0.2, 0.25) is 5.02 Å². The number of hydrogen-bond donors (Lipinski definition) is 3. The third-order valence-corrected chi connectivity index (χ3v) is 5.32. The fraction of sp³-hybridized carbons (Fsp3) is 0.200. The van der Waals surface area contributed by atoms with E-state index in [-0.39, 0.29) is 12.1 Å². The number of carbonyl (C=O) groups is 1. The molecular weight excluding hydrogens is 468 g/mol. The lowest BCUT2D eigenvalue weighted by molar-refractivity contribution is 0.210.